The van der Waals surface area contributed by atoms with Gasteiger partial charge in [-0.1, -0.05) is 0 Å². The Bertz CT molecular complexity index is 636. The number of nitrogens with zero attached hydrogens (tertiary/aromatic N) is 2. The molecule has 0 spiro atoms. The quantitative estimate of drug-likeness (QED) is 0.878. The van der Waals surface area contributed by atoms with Crippen molar-refractivity contribution in [2.45, 2.75) is 56.8 Å². The molecule has 4 heterocycles. The zero-order valence-electron chi connectivity index (χ0n) is 11.8. The minimum Gasteiger partial charge on any atom is -0.388 e. The zero-order valence-corrected chi connectivity index (χ0v) is 11.8. The van der Waals surface area contributed by atoms with E-state index in [4.69, 9.17) is 0 Å². The summed E-state index contributed by atoms with van der Waals surface area (Å²) >= 11 is 0. The SMILES string of the molecule is Cc1cc2ccncc2n1CC1(O)C[C@H]2CC[C@@H](C1)N2. The molecule has 2 aliphatic rings. The van der Waals surface area contributed by atoms with Crippen LogP contribution in [0.25, 0.3) is 10.9 Å². The fraction of sp³-hybridized carbons (Fsp3) is 0.562. The van der Waals surface area contributed by atoms with Crippen LogP contribution < -0.4 is 5.32 Å². The Labute approximate surface area is 118 Å². The van der Waals surface area contributed by atoms with E-state index < -0.39 is 5.60 Å². The van der Waals surface area contributed by atoms with Crippen LogP contribution >= 0.6 is 0 Å². The molecule has 2 fully saturated rings. The lowest BCUT2D eigenvalue weighted by atomic mass is 9.87. The molecule has 1 unspecified atom stereocenters. The van der Waals surface area contributed by atoms with Crippen molar-refractivity contribution in [3.05, 3.63) is 30.2 Å². The fourth-order valence-corrected chi connectivity index (χ4v) is 4.10. The second-order valence-corrected chi connectivity index (χ2v) is 6.58. The monoisotopic (exact) mass is 271 g/mol. The number of hydrogen-bond acceptors (Lipinski definition) is 3. The average Bonchev–Trinajstić information content (AvgIpc) is 2.91. The molecule has 2 bridgehead atoms. The second-order valence-electron chi connectivity index (χ2n) is 6.58. The lowest BCUT2D eigenvalue weighted by molar-refractivity contribution is -0.0206. The number of piperidine rings is 1. The molecule has 0 saturated carbocycles. The number of nitrogens with one attached hydrogen (secondary N) is 1. The van der Waals surface area contributed by atoms with E-state index in [2.05, 4.69) is 27.9 Å². The van der Waals surface area contributed by atoms with Crippen molar-refractivity contribution in [3.8, 4) is 0 Å². The van der Waals surface area contributed by atoms with Gasteiger partial charge >= 0.3 is 0 Å². The van der Waals surface area contributed by atoms with Crippen LogP contribution in [0.15, 0.2) is 24.5 Å². The first-order valence-electron chi connectivity index (χ1n) is 7.51. The summed E-state index contributed by atoms with van der Waals surface area (Å²) < 4.78 is 2.23. The molecule has 2 aromatic heterocycles. The largest absolute Gasteiger partial charge is 0.388 e. The van der Waals surface area contributed by atoms with Gasteiger partial charge in [0.25, 0.3) is 0 Å². The van der Waals surface area contributed by atoms with Crippen molar-refractivity contribution in [1.29, 1.82) is 0 Å². The van der Waals surface area contributed by atoms with Crippen molar-refractivity contribution in [3.63, 3.8) is 0 Å². The van der Waals surface area contributed by atoms with Gasteiger partial charge in [-0.2, -0.15) is 0 Å². The maximum atomic E-state index is 11.0. The Morgan fingerprint density at radius 1 is 1.40 bits per heavy atom. The molecule has 3 atom stereocenters. The highest BCUT2D eigenvalue weighted by atomic mass is 16.3. The number of fused-ring (bicyclic) bond motifs is 3. The Balaban J connectivity index is 1.68. The Morgan fingerprint density at radius 2 is 2.15 bits per heavy atom. The molecular formula is C16H21N3O. The molecule has 0 amide bonds. The van der Waals surface area contributed by atoms with Gasteiger partial charge in [0, 0.05) is 29.4 Å². The summed E-state index contributed by atoms with van der Waals surface area (Å²) in [7, 11) is 0. The third kappa shape index (κ3) is 1.95. The lowest BCUT2D eigenvalue weighted by Crippen LogP contribution is -2.50. The third-order valence-corrected chi connectivity index (χ3v) is 4.95. The number of aryl methyl sites for hydroxylation is 1. The maximum absolute atomic E-state index is 11.0. The standard InChI is InChI=1S/C16H21N3O/c1-11-6-12-4-5-17-9-15(12)19(11)10-16(20)7-13-2-3-14(8-16)18-13/h4-6,9,13-14,18,20H,2-3,7-8,10H2,1H3/t13-,14+,16?. The molecular weight excluding hydrogens is 250 g/mol. The topological polar surface area (TPSA) is 50.1 Å². The molecule has 2 aliphatic heterocycles. The number of aliphatic hydroxyl groups is 1. The van der Waals surface area contributed by atoms with Crippen molar-refractivity contribution < 1.29 is 5.11 Å². The summed E-state index contributed by atoms with van der Waals surface area (Å²) in [5.74, 6) is 0. The van der Waals surface area contributed by atoms with Gasteiger partial charge in [0.05, 0.1) is 23.9 Å². The van der Waals surface area contributed by atoms with Crippen LogP contribution in [0.3, 0.4) is 0 Å². The highest BCUT2D eigenvalue weighted by Crippen LogP contribution is 2.36. The van der Waals surface area contributed by atoms with Crippen LogP contribution in [-0.2, 0) is 6.54 Å². The molecule has 2 saturated heterocycles. The summed E-state index contributed by atoms with van der Waals surface area (Å²) in [6.07, 6.45) is 7.87. The second kappa shape index (κ2) is 4.30. The summed E-state index contributed by atoms with van der Waals surface area (Å²) in [5, 5.41) is 15.8. The Morgan fingerprint density at radius 3 is 2.90 bits per heavy atom. The smallest absolute Gasteiger partial charge is 0.0855 e. The van der Waals surface area contributed by atoms with Crippen molar-refractivity contribution in [2.75, 3.05) is 0 Å². The van der Waals surface area contributed by atoms with Gasteiger partial charge in [-0.25, -0.2) is 0 Å². The Hall–Kier alpha value is -1.39. The van der Waals surface area contributed by atoms with Gasteiger partial charge in [0.2, 0.25) is 0 Å². The van der Waals surface area contributed by atoms with Gasteiger partial charge in [-0.05, 0) is 44.7 Å². The van der Waals surface area contributed by atoms with E-state index in [-0.39, 0.29) is 0 Å². The van der Waals surface area contributed by atoms with Gasteiger partial charge in [0.1, 0.15) is 0 Å². The summed E-state index contributed by atoms with van der Waals surface area (Å²) in [6, 6.07) is 5.21. The van der Waals surface area contributed by atoms with E-state index in [0.29, 0.717) is 18.6 Å². The first kappa shape index (κ1) is 12.4. The Kier molecular flexibility index (Phi) is 2.66. The highest BCUT2D eigenvalue weighted by molar-refractivity contribution is 5.80. The van der Waals surface area contributed by atoms with Crippen molar-refractivity contribution >= 4 is 10.9 Å². The summed E-state index contributed by atoms with van der Waals surface area (Å²) in [4.78, 5) is 4.23. The van der Waals surface area contributed by atoms with Gasteiger partial charge in [0.15, 0.2) is 0 Å². The highest BCUT2D eigenvalue weighted by Gasteiger charge is 2.42. The zero-order chi connectivity index (χ0) is 13.7. The summed E-state index contributed by atoms with van der Waals surface area (Å²) in [5.41, 5.74) is 1.75. The lowest BCUT2D eigenvalue weighted by Gasteiger charge is -2.37. The molecule has 4 nitrogen and oxygen atoms in total. The fourth-order valence-electron chi connectivity index (χ4n) is 4.10. The van der Waals surface area contributed by atoms with E-state index in [9.17, 15) is 5.11 Å². The van der Waals surface area contributed by atoms with Crippen LogP contribution in [0.1, 0.15) is 31.4 Å². The van der Waals surface area contributed by atoms with Crippen molar-refractivity contribution in [1.82, 2.24) is 14.9 Å². The summed E-state index contributed by atoms with van der Waals surface area (Å²) in [6.45, 7) is 2.79. The third-order valence-electron chi connectivity index (χ3n) is 4.95. The number of rotatable bonds is 2. The molecule has 2 aromatic rings. The normalized spacial score (nSPS) is 32.9. The van der Waals surface area contributed by atoms with E-state index in [1.54, 1.807) is 0 Å². The predicted molar refractivity (Wildman–Crippen MR) is 78.6 cm³/mol. The van der Waals surface area contributed by atoms with E-state index in [1.807, 2.05) is 18.5 Å². The van der Waals surface area contributed by atoms with Crippen molar-refractivity contribution in [2.24, 2.45) is 0 Å². The molecule has 4 rings (SSSR count). The van der Waals surface area contributed by atoms with E-state index >= 15 is 0 Å². The minimum atomic E-state index is -0.580. The molecule has 2 N–H and O–H groups in total. The average molecular weight is 271 g/mol. The molecule has 106 valence electrons. The molecule has 0 radical (unpaired) electrons. The van der Waals surface area contributed by atoms with E-state index in [0.717, 1.165) is 18.4 Å². The first-order chi connectivity index (χ1) is 9.63. The molecule has 4 heteroatoms. The van der Waals surface area contributed by atoms with Crippen LogP contribution in [0.4, 0.5) is 0 Å². The maximum Gasteiger partial charge on any atom is 0.0855 e. The molecule has 0 aromatic carbocycles. The molecule has 0 aliphatic carbocycles. The van der Waals surface area contributed by atoms with Crippen LogP contribution in [0, 0.1) is 6.92 Å². The minimum absolute atomic E-state index is 0.499. The predicted octanol–water partition coefficient (Wildman–Crippen LogP) is 1.99. The van der Waals surface area contributed by atoms with E-state index in [1.165, 1.54) is 23.9 Å². The number of pyridine rings is 1. The van der Waals surface area contributed by atoms with Crippen LogP contribution in [-0.4, -0.2) is 32.3 Å². The van der Waals surface area contributed by atoms with Crippen LogP contribution in [0.5, 0.6) is 0 Å². The van der Waals surface area contributed by atoms with Gasteiger partial charge in [-0.3, -0.25) is 4.98 Å². The molecule has 20 heavy (non-hydrogen) atoms. The number of hydrogen-bond donors (Lipinski definition) is 2. The van der Waals surface area contributed by atoms with Gasteiger partial charge < -0.3 is 15.0 Å². The van der Waals surface area contributed by atoms with Gasteiger partial charge in [-0.15, -0.1) is 0 Å². The number of aromatic nitrogens is 2. The first-order valence-corrected chi connectivity index (χ1v) is 7.51. The van der Waals surface area contributed by atoms with Crippen LogP contribution in [0.2, 0.25) is 0 Å².